The van der Waals surface area contributed by atoms with Crippen molar-refractivity contribution >= 4 is 17.7 Å². The first kappa shape index (κ1) is 18.2. The SMILES string of the molecule is CCN1CC2(CCN(C(=O)C3CCCN(CC(N)=O)C3)CC2)CC1=O. The Morgan fingerprint density at radius 3 is 2.56 bits per heavy atom. The minimum atomic E-state index is -0.334. The van der Waals surface area contributed by atoms with Crippen LogP contribution in [0.1, 0.15) is 39.0 Å². The summed E-state index contributed by atoms with van der Waals surface area (Å²) in [6, 6.07) is 0. The molecule has 0 bridgehead atoms. The molecule has 0 radical (unpaired) electrons. The van der Waals surface area contributed by atoms with E-state index in [1.54, 1.807) is 0 Å². The molecule has 3 amide bonds. The molecule has 3 aliphatic rings. The molecule has 0 aromatic heterocycles. The molecule has 0 aromatic rings. The Balaban J connectivity index is 1.53. The quantitative estimate of drug-likeness (QED) is 0.776. The van der Waals surface area contributed by atoms with Crippen molar-refractivity contribution in [2.75, 3.05) is 45.8 Å². The van der Waals surface area contributed by atoms with Crippen LogP contribution in [0.3, 0.4) is 0 Å². The lowest BCUT2D eigenvalue weighted by Gasteiger charge is -2.41. The molecule has 2 N–H and O–H groups in total. The van der Waals surface area contributed by atoms with Crippen LogP contribution in [0, 0.1) is 11.3 Å². The summed E-state index contributed by atoms with van der Waals surface area (Å²) in [5.41, 5.74) is 5.36. The van der Waals surface area contributed by atoms with Gasteiger partial charge in [-0.1, -0.05) is 0 Å². The first-order valence-electron chi connectivity index (χ1n) is 9.50. The molecular weight excluding hydrogens is 320 g/mol. The van der Waals surface area contributed by atoms with Crippen LogP contribution < -0.4 is 5.73 Å². The van der Waals surface area contributed by atoms with E-state index in [-0.39, 0.29) is 35.6 Å². The molecule has 3 fully saturated rings. The first-order valence-corrected chi connectivity index (χ1v) is 9.50. The Bertz CT molecular complexity index is 542. The zero-order valence-electron chi connectivity index (χ0n) is 15.2. The van der Waals surface area contributed by atoms with E-state index in [4.69, 9.17) is 5.73 Å². The van der Waals surface area contributed by atoms with Gasteiger partial charge in [-0.3, -0.25) is 19.3 Å². The molecule has 0 aromatic carbocycles. The lowest BCUT2D eigenvalue weighted by molar-refractivity contribution is -0.140. The second-order valence-electron chi connectivity index (χ2n) is 7.95. The van der Waals surface area contributed by atoms with Crippen LogP contribution in [0.4, 0.5) is 0 Å². The number of rotatable bonds is 4. The Hall–Kier alpha value is -1.63. The minimum absolute atomic E-state index is 0.0282. The Kier molecular flexibility index (Phi) is 5.32. The van der Waals surface area contributed by atoms with Crippen molar-refractivity contribution in [3.63, 3.8) is 0 Å². The smallest absolute Gasteiger partial charge is 0.231 e. The second-order valence-corrected chi connectivity index (χ2v) is 7.95. The normalized spacial score (nSPS) is 27.1. The van der Waals surface area contributed by atoms with Gasteiger partial charge in [-0.05, 0) is 39.2 Å². The lowest BCUT2D eigenvalue weighted by atomic mass is 9.77. The van der Waals surface area contributed by atoms with Gasteiger partial charge >= 0.3 is 0 Å². The number of nitrogens with two attached hydrogens (primary N) is 1. The molecule has 3 aliphatic heterocycles. The minimum Gasteiger partial charge on any atom is -0.369 e. The highest BCUT2D eigenvalue weighted by Gasteiger charge is 2.45. The maximum absolute atomic E-state index is 12.9. The summed E-state index contributed by atoms with van der Waals surface area (Å²) in [6.45, 7) is 6.85. The van der Waals surface area contributed by atoms with Gasteiger partial charge in [-0.2, -0.15) is 0 Å². The fraction of sp³-hybridized carbons (Fsp3) is 0.833. The fourth-order valence-electron chi connectivity index (χ4n) is 4.69. The molecule has 1 atom stereocenters. The van der Waals surface area contributed by atoms with E-state index < -0.39 is 0 Å². The number of carbonyl (C=O) groups excluding carboxylic acids is 3. The van der Waals surface area contributed by atoms with Crippen LogP contribution in [0.25, 0.3) is 0 Å². The van der Waals surface area contributed by atoms with Crippen molar-refractivity contribution in [3.8, 4) is 0 Å². The molecule has 0 saturated carbocycles. The Labute approximate surface area is 149 Å². The molecular formula is C18H30N4O3. The standard InChI is InChI=1S/C18H30N4O3/c1-2-21-13-18(10-16(21)24)5-8-22(9-6-18)17(25)14-4-3-7-20(11-14)12-15(19)23/h14H,2-13H2,1H3,(H2,19,23). The summed E-state index contributed by atoms with van der Waals surface area (Å²) in [6.07, 6.45) is 4.29. The van der Waals surface area contributed by atoms with Gasteiger partial charge in [0, 0.05) is 44.6 Å². The number of hydrogen-bond acceptors (Lipinski definition) is 4. The predicted octanol–water partition coefficient (Wildman–Crippen LogP) is 0.0447. The zero-order valence-corrected chi connectivity index (χ0v) is 15.2. The van der Waals surface area contributed by atoms with E-state index in [1.165, 1.54) is 0 Å². The molecule has 3 heterocycles. The van der Waals surface area contributed by atoms with Crippen LogP contribution in [-0.2, 0) is 14.4 Å². The highest BCUT2D eigenvalue weighted by molar-refractivity contribution is 5.81. The maximum atomic E-state index is 12.9. The van der Waals surface area contributed by atoms with Crippen molar-refractivity contribution in [2.24, 2.45) is 17.1 Å². The molecule has 1 unspecified atom stereocenters. The third-order valence-electron chi connectivity index (χ3n) is 6.16. The van der Waals surface area contributed by atoms with Gasteiger partial charge in [0.15, 0.2) is 0 Å². The summed E-state index contributed by atoms with van der Waals surface area (Å²) in [5, 5.41) is 0. The topological polar surface area (TPSA) is 86.9 Å². The van der Waals surface area contributed by atoms with Gasteiger partial charge < -0.3 is 15.5 Å². The lowest BCUT2D eigenvalue weighted by Crippen LogP contribution is -2.50. The molecule has 3 rings (SSSR count). The number of hydrogen-bond donors (Lipinski definition) is 1. The van der Waals surface area contributed by atoms with Gasteiger partial charge in [0.05, 0.1) is 12.5 Å². The van der Waals surface area contributed by atoms with Crippen LogP contribution in [0.2, 0.25) is 0 Å². The van der Waals surface area contributed by atoms with Crippen molar-refractivity contribution in [3.05, 3.63) is 0 Å². The number of primary amides is 1. The summed E-state index contributed by atoms with van der Waals surface area (Å²) in [4.78, 5) is 42.0. The van der Waals surface area contributed by atoms with E-state index in [1.807, 2.05) is 21.6 Å². The van der Waals surface area contributed by atoms with Crippen LogP contribution in [0.15, 0.2) is 0 Å². The van der Waals surface area contributed by atoms with Gasteiger partial charge in [0.1, 0.15) is 0 Å². The Morgan fingerprint density at radius 1 is 1.24 bits per heavy atom. The zero-order chi connectivity index (χ0) is 18.0. The van der Waals surface area contributed by atoms with Gasteiger partial charge in [-0.25, -0.2) is 0 Å². The number of carbonyl (C=O) groups is 3. The monoisotopic (exact) mass is 350 g/mol. The molecule has 140 valence electrons. The molecule has 7 heteroatoms. The second kappa shape index (κ2) is 7.32. The van der Waals surface area contributed by atoms with Crippen LogP contribution >= 0.6 is 0 Å². The Morgan fingerprint density at radius 2 is 1.96 bits per heavy atom. The van der Waals surface area contributed by atoms with E-state index in [2.05, 4.69) is 0 Å². The molecule has 0 aliphatic carbocycles. The van der Waals surface area contributed by atoms with Crippen molar-refractivity contribution in [1.82, 2.24) is 14.7 Å². The summed E-state index contributed by atoms with van der Waals surface area (Å²) in [5.74, 6) is 0.108. The van der Waals surface area contributed by atoms with Gasteiger partial charge in [0.2, 0.25) is 17.7 Å². The van der Waals surface area contributed by atoms with Crippen molar-refractivity contribution in [2.45, 2.75) is 39.0 Å². The highest BCUT2D eigenvalue weighted by atomic mass is 16.2. The summed E-state index contributed by atoms with van der Waals surface area (Å²) < 4.78 is 0. The average molecular weight is 350 g/mol. The van der Waals surface area contributed by atoms with Crippen LogP contribution in [-0.4, -0.2) is 78.2 Å². The van der Waals surface area contributed by atoms with Gasteiger partial charge in [-0.15, -0.1) is 0 Å². The number of likely N-dealkylation sites (tertiary alicyclic amines) is 3. The van der Waals surface area contributed by atoms with E-state index in [9.17, 15) is 14.4 Å². The third kappa shape index (κ3) is 3.97. The molecule has 1 spiro atoms. The number of nitrogens with zero attached hydrogens (tertiary/aromatic N) is 3. The largest absolute Gasteiger partial charge is 0.369 e. The van der Waals surface area contributed by atoms with Crippen LogP contribution in [0.5, 0.6) is 0 Å². The summed E-state index contributed by atoms with van der Waals surface area (Å²) in [7, 11) is 0. The van der Waals surface area contributed by atoms with Gasteiger partial charge in [0.25, 0.3) is 0 Å². The molecule has 3 saturated heterocycles. The average Bonchev–Trinajstić information content (AvgIpc) is 2.90. The van der Waals surface area contributed by atoms with Crippen molar-refractivity contribution < 1.29 is 14.4 Å². The molecule has 7 nitrogen and oxygen atoms in total. The highest BCUT2D eigenvalue weighted by Crippen LogP contribution is 2.41. The first-order chi connectivity index (χ1) is 11.9. The maximum Gasteiger partial charge on any atom is 0.231 e. The fourth-order valence-corrected chi connectivity index (χ4v) is 4.69. The molecule has 25 heavy (non-hydrogen) atoms. The number of amides is 3. The van der Waals surface area contributed by atoms with E-state index >= 15 is 0 Å². The van der Waals surface area contributed by atoms with Crippen molar-refractivity contribution in [1.29, 1.82) is 0 Å². The van der Waals surface area contributed by atoms with E-state index in [0.717, 1.165) is 58.4 Å². The van der Waals surface area contributed by atoms with E-state index in [0.29, 0.717) is 13.0 Å². The number of piperidine rings is 2. The predicted molar refractivity (Wildman–Crippen MR) is 93.5 cm³/mol. The third-order valence-corrected chi connectivity index (χ3v) is 6.16. The summed E-state index contributed by atoms with van der Waals surface area (Å²) >= 11 is 0.